The number of aromatic nitrogens is 2. The Balaban J connectivity index is 2.13. The summed E-state index contributed by atoms with van der Waals surface area (Å²) in [6.07, 6.45) is 1.49. The highest BCUT2D eigenvalue weighted by Gasteiger charge is 2.05. The van der Waals surface area contributed by atoms with Gasteiger partial charge in [-0.15, -0.1) is 0 Å². The van der Waals surface area contributed by atoms with Crippen molar-refractivity contribution in [3.63, 3.8) is 0 Å². The smallest absolute Gasteiger partial charge is 0.170 e. The summed E-state index contributed by atoms with van der Waals surface area (Å²) in [4.78, 5) is 4.02. The summed E-state index contributed by atoms with van der Waals surface area (Å²) < 4.78 is 18.0. The second kappa shape index (κ2) is 5.24. The number of nitrogens with one attached hydrogen (secondary N) is 1. The minimum absolute atomic E-state index is 0.133. The molecule has 0 fully saturated rings. The number of thioether (sulfide) groups is 1. The molecule has 0 radical (unpaired) electrons. The molecule has 0 aliphatic rings. The molecule has 0 saturated carbocycles. The topological polar surface area (TPSA) is 75.7 Å². The molecule has 0 amide bonds. The van der Waals surface area contributed by atoms with Crippen LogP contribution in [-0.4, -0.2) is 15.2 Å². The summed E-state index contributed by atoms with van der Waals surface area (Å²) in [6.45, 7) is 0. The first-order valence-electron chi connectivity index (χ1n) is 4.68. The summed E-state index contributed by atoms with van der Waals surface area (Å²) in [7, 11) is 0. The van der Waals surface area contributed by atoms with Crippen molar-refractivity contribution < 1.29 is 4.39 Å². The van der Waals surface area contributed by atoms with E-state index in [1.807, 2.05) is 0 Å². The Morgan fingerprint density at radius 3 is 2.94 bits per heavy atom. The molecule has 0 bridgehead atoms. The van der Waals surface area contributed by atoms with Crippen LogP contribution in [0.3, 0.4) is 0 Å². The predicted octanol–water partition coefficient (Wildman–Crippen LogP) is 2.25. The molecule has 0 unspecified atom stereocenters. The standard InChI is InChI=1S/C10H9FN4S2/c11-8-2-6(1-7(3-8)9(12)13)4-16-10-14-5-15-17-10/h1-3,5H,4H2,(H3,12,13). The molecule has 7 heteroatoms. The number of benzene rings is 1. The van der Waals surface area contributed by atoms with Crippen LogP contribution < -0.4 is 5.73 Å². The number of nitrogens with zero attached hydrogens (tertiary/aromatic N) is 2. The fourth-order valence-electron chi connectivity index (χ4n) is 1.26. The Labute approximate surface area is 106 Å². The molecular formula is C10H9FN4S2. The van der Waals surface area contributed by atoms with Gasteiger partial charge in [-0.3, -0.25) is 5.41 Å². The van der Waals surface area contributed by atoms with E-state index in [-0.39, 0.29) is 11.7 Å². The van der Waals surface area contributed by atoms with Crippen LogP contribution in [0.4, 0.5) is 4.39 Å². The molecule has 0 aliphatic carbocycles. The van der Waals surface area contributed by atoms with Crippen molar-refractivity contribution in [2.75, 3.05) is 0 Å². The van der Waals surface area contributed by atoms with E-state index in [0.717, 1.165) is 9.90 Å². The van der Waals surface area contributed by atoms with E-state index < -0.39 is 0 Å². The molecule has 0 atom stereocenters. The van der Waals surface area contributed by atoms with Crippen molar-refractivity contribution in [3.8, 4) is 0 Å². The highest BCUT2D eigenvalue weighted by atomic mass is 32.2. The van der Waals surface area contributed by atoms with Gasteiger partial charge in [0.25, 0.3) is 0 Å². The van der Waals surface area contributed by atoms with E-state index in [1.54, 1.807) is 6.07 Å². The summed E-state index contributed by atoms with van der Waals surface area (Å²) in [5.74, 6) is 0.0602. The quantitative estimate of drug-likeness (QED) is 0.506. The average molecular weight is 268 g/mol. The fourth-order valence-corrected chi connectivity index (χ4v) is 2.63. The maximum Gasteiger partial charge on any atom is 0.170 e. The van der Waals surface area contributed by atoms with Gasteiger partial charge >= 0.3 is 0 Å². The van der Waals surface area contributed by atoms with Crippen LogP contribution in [0.5, 0.6) is 0 Å². The first-order chi connectivity index (χ1) is 8.15. The van der Waals surface area contributed by atoms with Gasteiger partial charge in [0.1, 0.15) is 18.0 Å². The molecule has 1 aromatic heterocycles. The number of hydrogen-bond donors (Lipinski definition) is 2. The van der Waals surface area contributed by atoms with Crippen molar-refractivity contribution in [2.45, 2.75) is 10.1 Å². The van der Waals surface area contributed by atoms with E-state index in [2.05, 4.69) is 9.36 Å². The van der Waals surface area contributed by atoms with Crippen LogP contribution in [0, 0.1) is 11.2 Å². The van der Waals surface area contributed by atoms with Gasteiger partial charge in [0.2, 0.25) is 0 Å². The zero-order chi connectivity index (χ0) is 12.3. The first-order valence-corrected chi connectivity index (χ1v) is 6.44. The van der Waals surface area contributed by atoms with Crippen molar-refractivity contribution in [1.82, 2.24) is 9.36 Å². The molecule has 17 heavy (non-hydrogen) atoms. The van der Waals surface area contributed by atoms with E-state index >= 15 is 0 Å². The summed E-state index contributed by atoms with van der Waals surface area (Å²) in [6, 6.07) is 4.39. The monoisotopic (exact) mass is 268 g/mol. The zero-order valence-electron chi connectivity index (χ0n) is 8.68. The second-order valence-corrected chi connectivity index (χ2v) is 5.26. The van der Waals surface area contributed by atoms with Crippen LogP contribution in [-0.2, 0) is 5.75 Å². The normalized spacial score (nSPS) is 10.4. The molecule has 88 valence electrons. The average Bonchev–Trinajstić information content (AvgIpc) is 2.78. The lowest BCUT2D eigenvalue weighted by atomic mass is 10.1. The van der Waals surface area contributed by atoms with Gasteiger partial charge in [-0.1, -0.05) is 11.8 Å². The van der Waals surface area contributed by atoms with Crippen molar-refractivity contribution in [2.24, 2.45) is 5.73 Å². The number of nitrogens with two attached hydrogens (primary N) is 1. The number of rotatable bonds is 4. The molecular weight excluding hydrogens is 259 g/mol. The van der Waals surface area contributed by atoms with Crippen LogP contribution in [0.15, 0.2) is 28.9 Å². The summed E-state index contributed by atoms with van der Waals surface area (Å²) in [5, 5.41) is 7.28. The number of hydrogen-bond acceptors (Lipinski definition) is 5. The highest BCUT2D eigenvalue weighted by molar-refractivity contribution is 8.00. The molecule has 3 N–H and O–H groups in total. The Kier molecular flexibility index (Phi) is 3.70. The highest BCUT2D eigenvalue weighted by Crippen LogP contribution is 2.24. The minimum Gasteiger partial charge on any atom is -0.384 e. The van der Waals surface area contributed by atoms with E-state index in [4.69, 9.17) is 11.1 Å². The molecule has 2 rings (SSSR count). The number of nitrogen functional groups attached to an aromatic ring is 1. The molecule has 0 saturated heterocycles. The fraction of sp³-hybridized carbons (Fsp3) is 0.100. The molecule has 2 aromatic rings. The predicted molar refractivity (Wildman–Crippen MR) is 66.9 cm³/mol. The van der Waals surface area contributed by atoms with Crippen molar-refractivity contribution in [1.29, 1.82) is 5.41 Å². The lowest BCUT2D eigenvalue weighted by Gasteiger charge is -2.03. The first kappa shape index (κ1) is 12.0. The van der Waals surface area contributed by atoms with Gasteiger partial charge in [0.05, 0.1) is 0 Å². The zero-order valence-corrected chi connectivity index (χ0v) is 10.3. The van der Waals surface area contributed by atoms with Gasteiger partial charge in [-0.25, -0.2) is 9.37 Å². The van der Waals surface area contributed by atoms with E-state index in [9.17, 15) is 4.39 Å². The SMILES string of the molecule is N=C(N)c1cc(F)cc(CSc2ncns2)c1. The van der Waals surface area contributed by atoms with Crippen LogP contribution in [0.25, 0.3) is 0 Å². The maximum atomic E-state index is 13.3. The maximum absolute atomic E-state index is 13.3. The third kappa shape index (κ3) is 3.24. The van der Waals surface area contributed by atoms with Gasteiger partial charge in [-0.05, 0) is 35.3 Å². The number of halogens is 1. The van der Waals surface area contributed by atoms with Crippen molar-refractivity contribution >= 4 is 29.1 Å². The van der Waals surface area contributed by atoms with Crippen LogP contribution in [0.2, 0.25) is 0 Å². The minimum atomic E-state index is -0.384. The Morgan fingerprint density at radius 1 is 1.47 bits per heavy atom. The molecule has 4 nitrogen and oxygen atoms in total. The lowest BCUT2D eigenvalue weighted by molar-refractivity contribution is 0.626. The third-order valence-corrected chi connectivity index (χ3v) is 3.84. The van der Waals surface area contributed by atoms with Gasteiger partial charge in [-0.2, -0.15) is 4.37 Å². The van der Waals surface area contributed by atoms with Crippen LogP contribution in [0.1, 0.15) is 11.1 Å². The second-order valence-electron chi connectivity index (χ2n) is 3.26. The molecule has 1 heterocycles. The molecule has 1 aromatic carbocycles. The van der Waals surface area contributed by atoms with Crippen molar-refractivity contribution in [3.05, 3.63) is 41.5 Å². The molecule has 0 aliphatic heterocycles. The lowest BCUT2D eigenvalue weighted by Crippen LogP contribution is -2.11. The van der Waals surface area contributed by atoms with E-state index in [0.29, 0.717) is 11.3 Å². The van der Waals surface area contributed by atoms with Crippen LogP contribution >= 0.6 is 23.3 Å². The summed E-state index contributed by atoms with van der Waals surface area (Å²) >= 11 is 2.77. The Bertz CT molecular complexity index is 527. The largest absolute Gasteiger partial charge is 0.384 e. The van der Waals surface area contributed by atoms with Gasteiger partial charge < -0.3 is 5.73 Å². The Hall–Kier alpha value is -1.47. The summed E-state index contributed by atoms with van der Waals surface area (Å²) in [5.41, 5.74) is 6.51. The molecule has 0 spiro atoms. The number of amidine groups is 1. The van der Waals surface area contributed by atoms with E-state index in [1.165, 1.54) is 41.8 Å². The van der Waals surface area contributed by atoms with Gasteiger partial charge in [0, 0.05) is 11.3 Å². The Morgan fingerprint density at radius 2 is 2.29 bits per heavy atom. The van der Waals surface area contributed by atoms with Gasteiger partial charge in [0.15, 0.2) is 4.34 Å². The third-order valence-electron chi connectivity index (χ3n) is 1.97.